The minimum absolute atomic E-state index is 0.287. The average molecular weight is 264 g/mol. The first-order valence-corrected chi connectivity index (χ1v) is 6.88. The molecule has 2 aromatic carbocycles. The molecule has 5 heteroatoms. The number of phosphoric ester groups is 1. The molecule has 0 aliphatic rings. The molecule has 4 nitrogen and oxygen atoms in total. The smallest absolute Gasteiger partial charge is 0.395 e. The number of para-hydroxylation sites is 1. The van der Waals surface area contributed by atoms with Crippen LogP contribution in [0.4, 0.5) is 0 Å². The summed E-state index contributed by atoms with van der Waals surface area (Å²) in [6.07, 6.45) is 0. The van der Waals surface area contributed by atoms with Crippen molar-refractivity contribution in [3.8, 4) is 11.5 Å². The molecule has 2 aromatic rings. The van der Waals surface area contributed by atoms with Crippen LogP contribution in [-0.4, -0.2) is 4.89 Å². The first-order chi connectivity index (χ1) is 8.55. The predicted molar refractivity (Wildman–Crippen MR) is 68.7 cm³/mol. The lowest BCUT2D eigenvalue weighted by atomic mass is 10.2. The topological polar surface area (TPSA) is 55.8 Å². The van der Waals surface area contributed by atoms with E-state index in [1.165, 1.54) is 0 Å². The van der Waals surface area contributed by atoms with Crippen LogP contribution in [0.25, 0.3) is 0 Å². The lowest BCUT2D eigenvalue weighted by Gasteiger charge is -2.13. The Morgan fingerprint density at radius 1 is 0.889 bits per heavy atom. The van der Waals surface area contributed by atoms with Crippen LogP contribution in [-0.2, 0) is 4.57 Å². The van der Waals surface area contributed by atoms with Crippen LogP contribution in [0.2, 0.25) is 0 Å². The van der Waals surface area contributed by atoms with Gasteiger partial charge in [-0.15, -0.1) is 0 Å². The maximum absolute atomic E-state index is 11.7. The van der Waals surface area contributed by atoms with Crippen molar-refractivity contribution in [1.82, 2.24) is 0 Å². The number of aryl methyl sites for hydroxylation is 1. The van der Waals surface area contributed by atoms with Crippen LogP contribution in [0.5, 0.6) is 11.5 Å². The Morgan fingerprint density at radius 3 is 1.94 bits per heavy atom. The zero-order valence-electron chi connectivity index (χ0n) is 9.82. The van der Waals surface area contributed by atoms with E-state index >= 15 is 0 Å². The highest BCUT2D eigenvalue weighted by Gasteiger charge is 2.24. The van der Waals surface area contributed by atoms with Crippen molar-refractivity contribution >= 4 is 7.82 Å². The van der Waals surface area contributed by atoms with Crippen LogP contribution in [0.15, 0.2) is 54.6 Å². The molecule has 0 aliphatic heterocycles. The summed E-state index contributed by atoms with van der Waals surface area (Å²) in [5, 5.41) is 0. The van der Waals surface area contributed by atoms with E-state index in [-0.39, 0.29) is 5.75 Å². The van der Waals surface area contributed by atoms with Crippen LogP contribution in [0.1, 0.15) is 5.56 Å². The third-order valence-corrected chi connectivity index (χ3v) is 3.09. The van der Waals surface area contributed by atoms with Crippen LogP contribution < -0.4 is 9.05 Å². The van der Waals surface area contributed by atoms with Gasteiger partial charge in [-0.25, -0.2) is 4.57 Å². The van der Waals surface area contributed by atoms with E-state index in [1.807, 2.05) is 6.92 Å². The zero-order valence-corrected chi connectivity index (χ0v) is 10.7. The maximum Gasteiger partial charge on any atom is 0.584 e. The third kappa shape index (κ3) is 3.62. The van der Waals surface area contributed by atoms with Crippen LogP contribution in [0, 0.1) is 6.92 Å². The molecule has 0 saturated carbocycles. The fourth-order valence-corrected chi connectivity index (χ4v) is 2.18. The Labute approximate surface area is 105 Å². The van der Waals surface area contributed by atoms with Gasteiger partial charge in [-0.2, -0.15) is 0 Å². The SMILES string of the molecule is Cc1ccc(OP(=O)(O)Oc2ccccc2)cc1. The normalized spacial score (nSPS) is 13.7. The Bertz CT molecular complexity index is 551. The van der Waals surface area contributed by atoms with Gasteiger partial charge in [0.05, 0.1) is 0 Å². The van der Waals surface area contributed by atoms with Crippen LogP contribution in [0.3, 0.4) is 0 Å². The van der Waals surface area contributed by atoms with E-state index in [0.29, 0.717) is 5.75 Å². The molecule has 0 bridgehead atoms. The molecule has 18 heavy (non-hydrogen) atoms. The van der Waals surface area contributed by atoms with Gasteiger partial charge in [-0.05, 0) is 31.2 Å². The van der Waals surface area contributed by atoms with Gasteiger partial charge in [0, 0.05) is 0 Å². The number of rotatable bonds is 4. The molecule has 0 aliphatic carbocycles. The summed E-state index contributed by atoms with van der Waals surface area (Å²) in [5.41, 5.74) is 1.04. The molecule has 0 radical (unpaired) electrons. The standard InChI is InChI=1S/C13H13O4P/c1-11-7-9-13(10-8-11)17-18(14,15)16-12-5-3-2-4-6-12/h2-10H,1H3,(H,14,15). The van der Waals surface area contributed by atoms with E-state index in [4.69, 9.17) is 9.05 Å². The average Bonchev–Trinajstić information content (AvgIpc) is 2.32. The van der Waals surface area contributed by atoms with Gasteiger partial charge in [-0.3, -0.25) is 4.89 Å². The van der Waals surface area contributed by atoms with E-state index in [0.717, 1.165) is 5.56 Å². The van der Waals surface area contributed by atoms with Gasteiger partial charge in [0.25, 0.3) is 0 Å². The first-order valence-electron chi connectivity index (χ1n) is 5.39. The summed E-state index contributed by atoms with van der Waals surface area (Å²) < 4.78 is 21.6. The highest BCUT2D eigenvalue weighted by molar-refractivity contribution is 7.48. The van der Waals surface area contributed by atoms with Gasteiger partial charge < -0.3 is 9.05 Å². The molecule has 0 aromatic heterocycles. The molecule has 0 amide bonds. The maximum atomic E-state index is 11.7. The van der Waals surface area contributed by atoms with Crippen molar-refractivity contribution in [2.75, 3.05) is 0 Å². The van der Waals surface area contributed by atoms with E-state index in [1.54, 1.807) is 54.6 Å². The molecule has 0 spiro atoms. The summed E-state index contributed by atoms with van der Waals surface area (Å²) >= 11 is 0. The minimum Gasteiger partial charge on any atom is -0.395 e. The highest BCUT2D eigenvalue weighted by Crippen LogP contribution is 2.44. The summed E-state index contributed by atoms with van der Waals surface area (Å²) in [4.78, 5) is 9.60. The Morgan fingerprint density at radius 2 is 1.39 bits per heavy atom. The molecule has 0 heterocycles. The van der Waals surface area contributed by atoms with Gasteiger partial charge >= 0.3 is 7.82 Å². The second-order valence-corrected chi connectivity index (χ2v) is 5.08. The van der Waals surface area contributed by atoms with Gasteiger partial charge in [0.15, 0.2) is 0 Å². The first kappa shape index (κ1) is 12.7. The molecule has 1 N–H and O–H groups in total. The molecule has 94 valence electrons. The zero-order chi connectivity index (χ0) is 13.0. The van der Waals surface area contributed by atoms with Crippen molar-refractivity contribution < 1.29 is 18.5 Å². The van der Waals surface area contributed by atoms with E-state index < -0.39 is 7.82 Å². The monoisotopic (exact) mass is 264 g/mol. The van der Waals surface area contributed by atoms with Crippen molar-refractivity contribution in [3.05, 3.63) is 60.2 Å². The molecular formula is C13H13O4P. The van der Waals surface area contributed by atoms with E-state index in [9.17, 15) is 9.46 Å². The third-order valence-electron chi connectivity index (χ3n) is 2.21. The molecular weight excluding hydrogens is 251 g/mol. The predicted octanol–water partition coefficient (Wildman–Crippen LogP) is 3.55. The lowest BCUT2D eigenvalue weighted by molar-refractivity contribution is 0.291. The van der Waals surface area contributed by atoms with Crippen molar-refractivity contribution in [1.29, 1.82) is 0 Å². The Kier molecular flexibility index (Phi) is 3.70. The molecule has 0 fully saturated rings. The fraction of sp³-hybridized carbons (Fsp3) is 0.0769. The van der Waals surface area contributed by atoms with Gasteiger partial charge in [-0.1, -0.05) is 35.9 Å². The largest absolute Gasteiger partial charge is 0.584 e. The molecule has 0 saturated heterocycles. The number of hydrogen-bond acceptors (Lipinski definition) is 3. The van der Waals surface area contributed by atoms with Crippen molar-refractivity contribution in [2.45, 2.75) is 6.92 Å². The summed E-state index contributed by atoms with van der Waals surface area (Å²) in [6.45, 7) is 1.92. The summed E-state index contributed by atoms with van der Waals surface area (Å²) in [5.74, 6) is 0.581. The van der Waals surface area contributed by atoms with E-state index in [2.05, 4.69) is 0 Å². The molecule has 1 unspecified atom stereocenters. The molecule has 2 rings (SSSR count). The summed E-state index contributed by atoms with van der Waals surface area (Å²) in [7, 11) is -4.15. The Balaban J connectivity index is 2.08. The Hall–Kier alpha value is -1.77. The minimum atomic E-state index is -4.15. The highest BCUT2D eigenvalue weighted by atomic mass is 31.2. The number of hydrogen-bond donors (Lipinski definition) is 1. The fourth-order valence-electron chi connectivity index (χ4n) is 1.37. The van der Waals surface area contributed by atoms with Crippen LogP contribution >= 0.6 is 7.82 Å². The number of phosphoric acid groups is 1. The summed E-state index contributed by atoms with van der Waals surface area (Å²) in [6, 6.07) is 15.2. The quantitative estimate of drug-likeness (QED) is 0.858. The second-order valence-electron chi connectivity index (χ2n) is 3.78. The van der Waals surface area contributed by atoms with Crippen molar-refractivity contribution in [2.24, 2.45) is 0 Å². The lowest BCUT2D eigenvalue weighted by Crippen LogP contribution is -1.99. The van der Waals surface area contributed by atoms with Crippen molar-refractivity contribution in [3.63, 3.8) is 0 Å². The second kappa shape index (κ2) is 5.25. The van der Waals surface area contributed by atoms with Gasteiger partial charge in [0.1, 0.15) is 11.5 Å². The van der Waals surface area contributed by atoms with Gasteiger partial charge in [0.2, 0.25) is 0 Å². The number of benzene rings is 2. The molecule has 1 atom stereocenters.